The molecule has 5 heteroatoms. The van der Waals surface area contributed by atoms with Crippen molar-refractivity contribution in [2.24, 2.45) is 5.41 Å². The predicted molar refractivity (Wildman–Crippen MR) is 58.6 cm³/mol. The van der Waals surface area contributed by atoms with Crippen LogP contribution in [0.5, 0.6) is 0 Å². The third kappa shape index (κ3) is 1.56. The fourth-order valence-electron chi connectivity index (χ4n) is 1.73. The van der Waals surface area contributed by atoms with Crippen LogP contribution >= 0.6 is 15.9 Å². The number of hydrogen-bond donors (Lipinski definition) is 1. The van der Waals surface area contributed by atoms with E-state index >= 15 is 0 Å². The van der Waals surface area contributed by atoms with Crippen LogP contribution in [0.3, 0.4) is 0 Å². The predicted octanol–water partition coefficient (Wildman–Crippen LogP) is 1.38. The van der Waals surface area contributed by atoms with Crippen molar-refractivity contribution in [1.29, 1.82) is 0 Å². The first-order valence-corrected chi connectivity index (χ1v) is 5.27. The fraction of sp³-hybridized carbons (Fsp3) is 0.556. The number of rotatable bonds is 1. The molecule has 0 bridgehead atoms. The van der Waals surface area contributed by atoms with Crippen LogP contribution in [0.4, 0.5) is 5.82 Å². The van der Waals surface area contributed by atoms with E-state index in [0.29, 0.717) is 9.89 Å². The molecular weight excluding hydrogens is 246 g/mol. The minimum Gasteiger partial charge on any atom is -0.354 e. The molecule has 1 aromatic rings. The Kier molecular flexibility index (Phi) is 2.14. The molecule has 0 unspecified atom stereocenters. The number of nitrogens with one attached hydrogen (secondary N) is 1. The first kappa shape index (κ1) is 9.71. The summed E-state index contributed by atoms with van der Waals surface area (Å²) >= 11 is 3.25. The molecule has 0 saturated carbocycles. The molecule has 1 aromatic heterocycles. The van der Waals surface area contributed by atoms with E-state index in [4.69, 9.17) is 0 Å². The quantitative estimate of drug-likeness (QED) is 0.827. The topological polar surface area (TPSA) is 49.0 Å². The SMILES string of the molecule is CC1(C)CN(c2nc[nH]c(=O)c2Br)C1. The van der Waals surface area contributed by atoms with Gasteiger partial charge < -0.3 is 9.88 Å². The summed E-state index contributed by atoms with van der Waals surface area (Å²) in [5.74, 6) is 0.744. The molecule has 0 aromatic carbocycles. The summed E-state index contributed by atoms with van der Waals surface area (Å²) in [5.41, 5.74) is 0.212. The summed E-state index contributed by atoms with van der Waals surface area (Å²) in [6.45, 7) is 6.29. The van der Waals surface area contributed by atoms with Crippen LogP contribution in [-0.4, -0.2) is 23.1 Å². The monoisotopic (exact) mass is 257 g/mol. The van der Waals surface area contributed by atoms with Gasteiger partial charge in [0.15, 0.2) is 0 Å². The Morgan fingerprint density at radius 2 is 2.21 bits per heavy atom. The van der Waals surface area contributed by atoms with Crippen molar-refractivity contribution >= 4 is 21.7 Å². The lowest BCUT2D eigenvalue weighted by Gasteiger charge is -2.46. The van der Waals surface area contributed by atoms with Crippen LogP contribution in [0.25, 0.3) is 0 Å². The number of aromatic nitrogens is 2. The fourth-order valence-corrected chi connectivity index (χ4v) is 2.20. The van der Waals surface area contributed by atoms with Crippen LogP contribution in [0, 0.1) is 5.41 Å². The molecule has 76 valence electrons. The number of anilines is 1. The Balaban J connectivity index is 2.27. The number of nitrogens with zero attached hydrogens (tertiary/aromatic N) is 2. The molecule has 1 aliphatic rings. The highest BCUT2D eigenvalue weighted by Gasteiger charge is 2.36. The Labute approximate surface area is 90.5 Å². The van der Waals surface area contributed by atoms with Gasteiger partial charge in [0, 0.05) is 13.1 Å². The van der Waals surface area contributed by atoms with Gasteiger partial charge >= 0.3 is 0 Å². The molecule has 2 rings (SSSR count). The standard InChI is InChI=1S/C9H12BrN3O/c1-9(2)3-13(4-9)7-6(10)8(14)12-5-11-7/h5H,3-4H2,1-2H3,(H,11,12,14). The zero-order valence-electron chi connectivity index (χ0n) is 8.17. The Hall–Kier alpha value is -0.840. The molecule has 0 atom stereocenters. The number of hydrogen-bond acceptors (Lipinski definition) is 3. The van der Waals surface area contributed by atoms with Crippen molar-refractivity contribution < 1.29 is 0 Å². The molecule has 0 spiro atoms. The smallest absolute Gasteiger partial charge is 0.267 e. The van der Waals surface area contributed by atoms with Crippen molar-refractivity contribution in [1.82, 2.24) is 9.97 Å². The maximum atomic E-state index is 11.3. The van der Waals surface area contributed by atoms with E-state index in [9.17, 15) is 4.79 Å². The number of aromatic amines is 1. The first-order valence-electron chi connectivity index (χ1n) is 4.48. The molecule has 0 aliphatic carbocycles. The van der Waals surface area contributed by atoms with Gasteiger partial charge in [0.25, 0.3) is 5.56 Å². The third-order valence-corrected chi connectivity index (χ3v) is 3.03. The van der Waals surface area contributed by atoms with Crippen LogP contribution < -0.4 is 10.5 Å². The zero-order valence-corrected chi connectivity index (χ0v) is 9.76. The lowest BCUT2D eigenvalue weighted by atomic mass is 9.84. The molecule has 1 N–H and O–H groups in total. The van der Waals surface area contributed by atoms with Crippen LogP contribution in [-0.2, 0) is 0 Å². The molecule has 0 amide bonds. The van der Waals surface area contributed by atoms with Crippen molar-refractivity contribution in [2.75, 3.05) is 18.0 Å². The highest BCUT2D eigenvalue weighted by atomic mass is 79.9. The van der Waals surface area contributed by atoms with Crippen molar-refractivity contribution in [3.63, 3.8) is 0 Å². The minimum absolute atomic E-state index is 0.125. The normalized spacial score (nSPS) is 19.2. The first-order chi connectivity index (χ1) is 6.49. The van der Waals surface area contributed by atoms with E-state index in [1.165, 1.54) is 6.33 Å². The van der Waals surface area contributed by atoms with E-state index < -0.39 is 0 Å². The molecule has 1 saturated heterocycles. The molecule has 14 heavy (non-hydrogen) atoms. The minimum atomic E-state index is -0.125. The third-order valence-electron chi connectivity index (χ3n) is 2.32. The largest absolute Gasteiger partial charge is 0.354 e. The average Bonchev–Trinajstić information content (AvgIpc) is 2.06. The van der Waals surface area contributed by atoms with E-state index in [0.717, 1.165) is 18.9 Å². The Morgan fingerprint density at radius 1 is 1.57 bits per heavy atom. The van der Waals surface area contributed by atoms with Gasteiger partial charge in [-0.3, -0.25) is 4.79 Å². The lowest BCUT2D eigenvalue weighted by Crippen LogP contribution is -2.53. The number of halogens is 1. The van der Waals surface area contributed by atoms with Crippen LogP contribution in [0.2, 0.25) is 0 Å². The Bertz CT molecular complexity index is 405. The zero-order chi connectivity index (χ0) is 10.3. The summed E-state index contributed by atoms with van der Waals surface area (Å²) in [5, 5.41) is 0. The molecule has 4 nitrogen and oxygen atoms in total. The highest BCUT2D eigenvalue weighted by molar-refractivity contribution is 9.10. The van der Waals surface area contributed by atoms with Crippen molar-refractivity contribution in [3.05, 3.63) is 21.2 Å². The lowest BCUT2D eigenvalue weighted by molar-refractivity contribution is 0.274. The van der Waals surface area contributed by atoms with Gasteiger partial charge in [-0.2, -0.15) is 0 Å². The van der Waals surface area contributed by atoms with Crippen molar-refractivity contribution in [2.45, 2.75) is 13.8 Å². The summed E-state index contributed by atoms with van der Waals surface area (Å²) < 4.78 is 0.524. The maximum absolute atomic E-state index is 11.3. The van der Waals surface area contributed by atoms with E-state index in [1.807, 2.05) is 0 Å². The molecule has 2 heterocycles. The maximum Gasteiger partial charge on any atom is 0.267 e. The summed E-state index contributed by atoms with van der Waals surface area (Å²) in [6.07, 6.45) is 1.44. The van der Waals surface area contributed by atoms with Gasteiger partial charge in [0.1, 0.15) is 10.3 Å². The van der Waals surface area contributed by atoms with E-state index in [2.05, 4.69) is 44.6 Å². The van der Waals surface area contributed by atoms with Crippen molar-refractivity contribution in [3.8, 4) is 0 Å². The molecule has 1 fully saturated rings. The van der Waals surface area contributed by atoms with Gasteiger partial charge in [-0.05, 0) is 21.3 Å². The van der Waals surface area contributed by atoms with Crippen LogP contribution in [0.15, 0.2) is 15.6 Å². The molecule has 1 aliphatic heterocycles. The highest BCUT2D eigenvalue weighted by Crippen LogP contribution is 2.34. The second kappa shape index (κ2) is 3.08. The second-order valence-corrected chi connectivity index (χ2v) is 5.18. The van der Waals surface area contributed by atoms with Crippen LogP contribution in [0.1, 0.15) is 13.8 Å². The average molecular weight is 258 g/mol. The van der Waals surface area contributed by atoms with E-state index in [-0.39, 0.29) is 5.56 Å². The summed E-state index contributed by atoms with van der Waals surface area (Å²) in [7, 11) is 0. The van der Waals surface area contributed by atoms with E-state index in [1.54, 1.807) is 0 Å². The molecular formula is C9H12BrN3O. The second-order valence-electron chi connectivity index (χ2n) is 4.39. The molecule has 0 radical (unpaired) electrons. The summed E-state index contributed by atoms with van der Waals surface area (Å²) in [4.78, 5) is 20.0. The van der Waals surface area contributed by atoms with Gasteiger partial charge in [0.2, 0.25) is 0 Å². The number of H-pyrrole nitrogens is 1. The van der Waals surface area contributed by atoms with Gasteiger partial charge in [-0.1, -0.05) is 13.8 Å². The Morgan fingerprint density at radius 3 is 2.79 bits per heavy atom. The van der Waals surface area contributed by atoms with Gasteiger partial charge in [0.05, 0.1) is 6.33 Å². The van der Waals surface area contributed by atoms with Gasteiger partial charge in [-0.15, -0.1) is 0 Å². The summed E-state index contributed by atoms with van der Waals surface area (Å²) in [6, 6.07) is 0. The van der Waals surface area contributed by atoms with Gasteiger partial charge in [-0.25, -0.2) is 4.98 Å².